The van der Waals surface area contributed by atoms with Crippen molar-refractivity contribution in [1.82, 2.24) is 15.7 Å². The number of anilines is 1. The number of allylic oxidation sites excluding steroid dienone is 2. The molecule has 11 heteroatoms. The van der Waals surface area contributed by atoms with Gasteiger partial charge in [-0.1, -0.05) is 24.3 Å². The zero-order valence-electron chi connectivity index (χ0n) is 24.1. The Hall–Kier alpha value is -3.93. The average molecular weight is 595 g/mol. The summed E-state index contributed by atoms with van der Waals surface area (Å²) in [6, 6.07) is 15.2. The first-order valence-electron chi connectivity index (χ1n) is 14.0. The van der Waals surface area contributed by atoms with E-state index in [1.54, 1.807) is 45.2 Å². The van der Waals surface area contributed by atoms with Gasteiger partial charge in [0.2, 0.25) is 0 Å². The van der Waals surface area contributed by atoms with Gasteiger partial charge in [0, 0.05) is 23.6 Å². The number of nitrogens with zero attached hydrogens (tertiary/aromatic N) is 1. The van der Waals surface area contributed by atoms with Crippen molar-refractivity contribution < 1.29 is 29.4 Å². The minimum atomic E-state index is -1.18. The monoisotopic (exact) mass is 594 g/mol. The van der Waals surface area contributed by atoms with Gasteiger partial charge in [-0.05, 0) is 106 Å². The molecule has 224 valence electrons. The number of rotatable bonds is 11. The first-order valence-corrected chi connectivity index (χ1v) is 14.4. The van der Waals surface area contributed by atoms with Crippen LogP contribution in [0.15, 0.2) is 71.1 Å². The highest BCUT2D eigenvalue weighted by Gasteiger charge is 2.36. The van der Waals surface area contributed by atoms with Crippen molar-refractivity contribution in [2.24, 2.45) is 0 Å². The normalized spacial score (nSPS) is 16.6. The molecule has 0 bridgehead atoms. The number of hydrogen-bond donors (Lipinski definition) is 5. The fraction of sp³-hybridized carbons (Fsp3) is 0.387. The summed E-state index contributed by atoms with van der Waals surface area (Å²) in [5.41, 5.74) is 6.09. The lowest BCUT2D eigenvalue weighted by Crippen LogP contribution is -2.35. The number of hydrogen-bond acceptors (Lipinski definition) is 8. The second-order valence-electron chi connectivity index (χ2n) is 10.5. The molecule has 2 aromatic carbocycles. The van der Waals surface area contributed by atoms with Crippen LogP contribution < -0.4 is 20.9 Å². The van der Waals surface area contributed by atoms with Gasteiger partial charge in [0.15, 0.2) is 0 Å². The highest BCUT2D eigenvalue weighted by Crippen LogP contribution is 2.39. The average Bonchev–Trinajstić information content (AvgIpc) is 2.96. The predicted molar refractivity (Wildman–Crippen MR) is 164 cm³/mol. The number of hydroxylamine groups is 1. The van der Waals surface area contributed by atoms with Crippen molar-refractivity contribution in [3.63, 3.8) is 0 Å². The number of carbonyl (C=O) groups is 2. The number of dihydropyridines is 1. The van der Waals surface area contributed by atoms with Gasteiger partial charge in [-0.2, -0.15) is 5.48 Å². The largest absolute Gasteiger partial charge is 0.497 e. The molecular weight excluding hydrogens is 556 g/mol. The van der Waals surface area contributed by atoms with Crippen LogP contribution in [0.25, 0.3) is 0 Å². The molecule has 2 heterocycles. The third-order valence-electron chi connectivity index (χ3n) is 7.76. The van der Waals surface area contributed by atoms with E-state index >= 15 is 0 Å². The lowest BCUT2D eigenvalue weighted by atomic mass is 9.80. The van der Waals surface area contributed by atoms with Crippen molar-refractivity contribution in [2.45, 2.75) is 44.9 Å². The van der Waals surface area contributed by atoms with E-state index in [0.717, 1.165) is 44.6 Å². The molecule has 1 fully saturated rings. The molecule has 1 saturated heterocycles. The smallest absolute Gasteiger partial charge is 0.334 e. The van der Waals surface area contributed by atoms with Gasteiger partial charge in [-0.3, -0.25) is 0 Å². The Labute approximate surface area is 251 Å². The van der Waals surface area contributed by atoms with Crippen LogP contribution in [0, 0.1) is 0 Å². The number of likely N-dealkylation sites (tertiary alicyclic amines) is 1. The highest BCUT2D eigenvalue weighted by molar-refractivity contribution is 7.80. The van der Waals surface area contributed by atoms with E-state index in [2.05, 4.69) is 39.2 Å². The van der Waals surface area contributed by atoms with Crippen molar-refractivity contribution in [3.05, 3.63) is 82.2 Å². The molecule has 2 aromatic rings. The number of thiocarbonyl (C=S) groups is 1. The molecule has 0 saturated carbocycles. The van der Waals surface area contributed by atoms with Gasteiger partial charge in [0.05, 0.1) is 24.2 Å². The standard InChI is InChI=1S/C31H38N4O6S/c1-19-26(29(36)37)28(27(30(38)39)20(2)33-19)23-8-4-9-24(17-23)34-31(42)41-32-13-6-14-35-15-11-21(12-16-35)22-7-5-10-25(18-22)40-3/h4-5,7-10,17-18,21,28,32-33H,6,11-16H2,1-3H3,(H,34,42)(H,36,37)(H,38,39). The van der Waals surface area contributed by atoms with Crippen LogP contribution >= 0.6 is 12.2 Å². The zero-order chi connectivity index (χ0) is 30.2. The number of benzene rings is 2. The van der Waals surface area contributed by atoms with Gasteiger partial charge < -0.3 is 35.3 Å². The number of aliphatic carboxylic acids is 2. The first kappa shape index (κ1) is 31.0. The van der Waals surface area contributed by atoms with Gasteiger partial charge >= 0.3 is 11.9 Å². The predicted octanol–water partition coefficient (Wildman–Crippen LogP) is 4.59. The van der Waals surface area contributed by atoms with Crippen molar-refractivity contribution in [3.8, 4) is 5.75 Å². The first-order chi connectivity index (χ1) is 20.2. The lowest BCUT2D eigenvalue weighted by molar-refractivity contribution is -0.133. The number of carboxylic acid groups (broad SMARTS) is 2. The molecule has 0 aromatic heterocycles. The van der Waals surface area contributed by atoms with Gasteiger partial charge in [0.25, 0.3) is 5.17 Å². The molecule has 0 spiro atoms. The highest BCUT2D eigenvalue weighted by atomic mass is 32.1. The molecule has 0 atom stereocenters. The van der Waals surface area contributed by atoms with E-state index < -0.39 is 17.9 Å². The summed E-state index contributed by atoms with van der Waals surface area (Å²) in [5, 5.41) is 25.7. The third-order valence-corrected chi connectivity index (χ3v) is 7.94. The molecule has 42 heavy (non-hydrogen) atoms. The molecule has 0 unspecified atom stereocenters. The summed E-state index contributed by atoms with van der Waals surface area (Å²) in [6.45, 7) is 6.92. The van der Waals surface area contributed by atoms with E-state index in [4.69, 9.17) is 21.8 Å². The Bertz CT molecular complexity index is 1350. The minimum Gasteiger partial charge on any atom is -0.497 e. The summed E-state index contributed by atoms with van der Waals surface area (Å²) in [5.74, 6) is -1.85. The van der Waals surface area contributed by atoms with Crippen molar-refractivity contribution in [2.75, 3.05) is 38.6 Å². The number of methoxy groups -OCH3 is 1. The summed E-state index contributed by atoms with van der Waals surface area (Å²) < 4.78 is 5.37. The van der Waals surface area contributed by atoms with Gasteiger partial charge in [-0.15, -0.1) is 0 Å². The second-order valence-corrected chi connectivity index (χ2v) is 10.9. The molecule has 5 N–H and O–H groups in total. The summed E-state index contributed by atoms with van der Waals surface area (Å²) in [4.78, 5) is 32.1. The zero-order valence-corrected chi connectivity index (χ0v) is 24.9. The van der Waals surface area contributed by atoms with Crippen LogP contribution in [-0.4, -0.2) is 65.5 Å². The van der Waals surface area contributed by atoms with Crippen LogP contribution in [0.5, 0.6) is 5.75 Å². The number of ether oxygens (including phenoxy) is 1. The molecule has 0 radical (unpaired) electrons. The van der Waals surface area contributed by atoms with Crippen LogP contribution in [0.4, 0.5) is 5.69 Å². The maximum absolute atomic E-state index is 12.1. The third kappa shape index (κ3) is 7.67. The van der Waals surface area contributed by atoms with Gasteiger partial charge in [-0.25, -0.2) is 9.59 Å². The Morgan fingerprint density at radius 2 is 1.64 bits per heavy atom. The van der Waals surface area contributed by atoms with Crippen LogP contribution in [0.2, 0.25) is 0 Å². The SMILES string of the molecule is COc1cccc(C2CCN(CCCNOC(=S)Nc3cccc(C4C(C(=O)O)=C(C)NC(C)=C4C(=O)O)c3)CC2)c1. The Balaban J connectivity index is 1.24. The van der Waals surface area contributed by atoms with Gasteiger partial charge in [0.1, 0.15) is 5.75 Å². The quantitative estimate of drug-likeness (QED) is 0.142. The van der Waals surface area contributed by atoms with Crippen molar-refractivity contribution in [1.29, 1.82) is 0 Å². The Kier molecular flexibility index (Phi) is 10.6. The molecule has 4 rings (SSSR count). The topological polar surface area (TPSA) is 132 Å². The summed E-state index contributed by atoms with van der Waals surface area (Å²) >= 11 is 5.32. The Morgan fingerprint density at radius 1 is 1.00 bits per heavy atom. The molecular formula is C31H38N4O6S. The maximum atomic E-state index is 12.1. The number of nitrogens with one attached hydrogen (secondary N) is 3. The maximum Gasteiger partial charge on any atom is 0.334 e. The van der Waals surface area contributed by atoms with Crippen molar-refractivity contribution >= 4 is 35.0 Å². The molecule has 0 aliphatic carbocycles. The van der Waals surface area contributed by atoms with E-state index in [-0.39, 0.29) is 16.3 Å². The molecule has 10 nitrogen and oxygen atoms in total. The molecule has 2 aliphatic rings. The van der Waals surface area contributed by atoms with E-state index in [1.807, 2.05) is 6.07 Å². The Morgan fingerprint density at radius 3 is 2.29 bits per heavy atom. The van der Waals surface area contributed by atoms with E-state index in [0.29, 0.717) is 35.1 Å². The van der Waals surface area contributed by atoms with Crippen LogP contribution in [0.1, 0.15) is 56.1 Å². The number of carboxylic acids is 2. The van der Waals surface area contributed by atoms with E-state index in [9.17, 15) is 19.8 Å². The summed E-state index contributed by atoms with van der Waals surface area (Å²) in [6.07, 6.45) is 3.13. The summed E-state index contributed by atoms with van der Waals surface area (Å²) in [7, 11) is 1.70. The van der Waals surface area contributed by atoms with Crippen LogP contribution in [0.3, 0.4) is 0 Å². The fourth-order valence-corrected chi connectivity index (χ4v) is 5.89. The van der Waals surface area contributed by atoms with E-state index in [1.165, 1.54) is 5.56 Å². The number of piperidine rings is 1. The second kappa shape index (κ2) is 14.3. The molecule has 2 aliphatic heterocycles. The minimum absolute atomic E-state index is 0.0137. The lowest BCUT2D eigenvalue weighted by Gasteiger charge is -2.32. The fourth-order valence-electron chi connectivity index (χ4n) is 5.71. The molecule has 0 amide bonds. The van der Waals surface area contributed by atoms with Crippen LogP contribution in [-0.2, 0) is 14.4 Å².